The zero-order valence-electron chi connectivity index (χ0n) is 21.6. The van der Waals surface area contributed by atoms with E-state index in [1.165, 1.54) is 0 Å². The van der Waals surface area contributed by atoms with Crippen LogP contribution in [0.2, 0.25) is 0 Å². The van der Waals surface area contributed by atoms with Crippen LogP contribution in [0.1, 0.15) is 35.2 Å². The molecule has 0 aliphatic carbocycles. The van der Waals surface area contributed by atoms with Crippen molar-refractivity contribution in [2.24, 2.45) is 11.8 Å². The van der Waals surface area contributed by atoms with Crippen molar-refractivity contribution in [1.82, 2.24) is 14.7 Å². The molecule has 5 rings (SSSR count). The number of benzene rings is 2. The van der Waals surface area contributed by atoms with Crippen molar-refractivity contribution in [3.63, 3.8) is 0 Å². The lowest BCUT2D eigenvalue weighted by molar-refractivity contribution is -0.135. The van der Waals surface area contributed by atoms with E-state index in [9.17, 15) is 19.5 Å². The Hall–Kier alpha value is -3.65. The second kappa shape index (κ2) is 11.8. The molecule has 0 saturated carbocycles. The van der Waals surface area contributed by atoms with Crippen LogP contribution < -0.4 is 4.74 Å². The number of nitrogens with zero attached hydrogens (tertiary/aromatic N) is 3. The van der Waals surface area contributed by atoms with Crippen LogP contribution in [0.15, 0.2) is 66.7 Å². The first-order chi connectivity index (χ1) is 18.5. The Balaban J connectivity index is 1.37. The van der Waals surface area contributed by atoms with Crippen LogP contribution in [0.3, 0.4) is 0 Å². The van der Waals surface area contributed by atoms with E-state index >= 15 is 0 Å². The van der Waals surface area contributed by atoms with Gasteiger partial charge in [0.15, 0.2) is 0 Å². The summed E-state index contributed by atoms with van der Waals surface area (Å²) < 4.78 is 6.08. The number of fused-ring (bicyclic) bond motifs is 3. The van der Waals surface area contributed by atoms with Crippen molar-refractivity contribution in [2.75, 3.05) is 39.3 Å². The lowest BCUT2D eigenvalue weighted by Gasteiger charge is -2.38. The standard InChI is InChI=1S/C30H35N3O5/c34-26-13-15-32(20-26)28(35)17-23-12-14-31-18-24(23)10-6-16-38-27-11-5-4-9-25(27)19-33(21-29(31)36)30(37)22-7-2-1-3-8-22/h1-11,23-24,26,34H,12-21H2/b10-6-/t23-,24-,26+/m0/s1. The first-order valence-electron chi connectivity index (χ1n) is 13.4. The fraction of sp³-hybridized carbons (Fsp3) is 0.433. The van der Waals surface area contributed by atoms with Gasteiger partial charge in [-0.1, -0.05) is 48.6 Å². The smallest absolute Gasteiger partial charge is 0.254 e. The maximum absolute atomic E-state index is 13.5. The highest BCUT2D eigenvalue weighted by molar-refractivity contribution is 5.96. The number of piperidine rings is 1. The van der Waals surface area contributed by atoms with Crippen LogP contribution in [0, 0.1) is 11.8 Å². The summed E-state index contributed by atoms with van der Waals surface area (Å²) in [5.74, 6) is 0.538. The number of para-hydroxylation sites is 1. The quantitative estimate of drug-likeness (QED) is 0.633. The van der Waals surface area contributed by atoms with Gasteiger partial charge in [0, 0.05) is 43.7 Å². The second-order valence-corrected chi connectivity index (χ2v) is 10.4. The molecular weight excluding hydrogens is 482 g/mol. The highest BCUT2D eigenvalue weighted by atomic mass is 16.5. The average molecular weight is 518 g/mol. The molecule has 0 aromatic heterocycles. The number of likely N-dealkylation sites (tertiary alicyclic amines) is 1. The predicted octanol–water partition coefficient (Wildman–Crippen LogP) is 2.73. The highest BCUT2D eigenvalue weighted by Crippen LogP contribution is 2.30. The van der Waals surface area contributed by atoms with Crippen LogP contribution in [0.25, 0.3) is 0 Å². The van der Waals surface area contributed by atoms with Crippen LogP contribution >= 0.6 is 0 Å². The molecule has 2 aromatic carbocycles. The zero-order chi connectivity index (χ0) is 26.5. The van der Waals surface area contributed by atoms with E-state index < -0.39 is 6.10 Å². The summed E-state index contributed by atoms with van der Waals surface area (Å²) in [4.78, 5) is 45.1. The van der Waals surface area contributed by atoms with Gasteiger partial charge < -0.3 is 24.5 Å². The van der Waals surface area contributed by atoms with Crippen LogP contribution in [0.5, 0.6) is 5.75 Å². The predicted molar refractivity (Wildman–Crippen MR) is 142 cm³/mol. The normalized spacial score (nSPS) is 24.9. The number of aliphatic hydroxyl groups excluding tert-OH is 1. The Morgan fingerprint density at radius 2 is 1.71 bits per heavy atom. The van der Waals surface area contributed by atoms with E-state index in [1.54, 1.807) is 21.9 Å². The van der Waals surface area contributed by atoms with Crippen molar-refractivity contribution >= 4 is 17.7 Å². The molecule has 0 radical (unpaired) electrons. The van der Waals surface area contributed by atoms with E-state index in [0.29, 0.717) is 63.4 Å². The molecule has 3 atom stereocenters. The molecule has 1 N–H and O–H groups in total. The fourth-order valence-corrected chi connectivity index (χ4v) is 5.63. The number of ether oxygens (including phenoxy) is 1. The Kier molecular flexibility index (Phi) is 8.08. The summed E-state index contributed by atoms with van der Waals surface area (Å²) in [7, 11) is 0. The lowest BCUT2D eigenvalue weighted by atomic mass is 9.82. The van der Waals surface area contributed by atoms with E-state index in [1.807, 2.05) is 53.4 Å². The molecule has 8 nitrogen and oxygen atoms in total. The van der Waals surface area contributed by atoms with Gasteiger partial charge in [-0.25, -0.2) is 0 Å². The number of β-amino-alcohol motifs (C(OH)–C–C–N with tert-alkyl or cyclic N) is 1. The average Bonchev–Trinajstić information content (AvgIpc) is 3.38. The van der Waals surface area contributed by atoms with Crippen molar-refractivity contribution in [1.29, 1.82) is 0 Å². The zero-order valence-corrected chi connectivity index (χ0v) is 21.6. The second-order valence-electron chi connectivity index (χ2n) is 10.4. The van der Waals surface area contributed by atoms with Gasteiger partial charge in [-0.05, 0) is 42.9 Å². The van der Waals surface area contributed by atoms with Gasteiger partial charge in [0.05, 0.1) is 12.6 Å². The minimum Gasteiger partial charge on any atom is -0.489 e. The van der Waals surface area contributed by atoms with Crippen LogP contribution in [-0.2, 0) is 16.1 Å². The topological polar surface area (TPSA) is 90.4 Å². The summed E-state index contributed by atoms with van der Waals surface area (Å²) in [6, 6.07) is 16.6. The summed E-state index contributed by atoms with van der Waals surface area (Å²) in [5.41, 5.74) is 1.37. The molecule has 0 spiro atoms. The Morgan fingerprint density at radius 1 is 0.921 bits per heavy atom. The summed E-state index contributed by atoms with van der Waals surface area (Å²) in [5, 5.41) is 9.84. The van der Waals surface area contributed by atoms with Crippen LogP contribution in [0.4, 0.5) is 0 Å². The molecule has 3 amide bonds. The molecule has 2 bridgehead atoms. The fourth-order valence-electron chi connectivity index (χ4n) is 5.63. The summed E-state index contributed by atoms with van der Waals surface area (Å²) >= 11 is 0. The minimum atomic E-state index is -0.440. The Labute approximate surface area is 223 Å². The number of hydrogen-bond donors (Lipinski definition) is 1. The highest BCUT2D eigenvalue weighted by Gasteiger charge is 2.35. The molecule has 2 saturated heterocycles. The molecule has 3 aliphatic rings. The minimum absolute atomic E-state index is 0.00190. The van der Waals surface area contributed by atoms with Gasteiger partial charge in [-0.2, -0.15) is 0 Å². The third-order valence-electron chi connectivity index (χ3n) is 7.80. The molecule has 0 unspecified atom stereocenters. The molecular formula is C30H35N3O5. The van der Waals surface area contributed by atoms with Crippen molar-refractivity contribution in [2.45, 2.75) is 31.9 Å². The molecule has 200 valence electrons. The van der Waals surface area contributed by atoms with Crippen LogP contribution in [-0.4, -0.2) is 83.0 Å². The van der Waals surface area contributed by atoms with Gasteiger partial charge in [0.25, 0.3) is 5.91 Å². The van der Waals surface area contributed by atoms with E-state index in [-0.39, 0.29) is 42.6 Å². The monoisotopic (exact) mass is 517 g/mol. The third kappa shape index (κ3) is 6.07. The molecule has 8 heteroatoms. The van der Waals surface area contributed by atoms with E-state index in [4.69, 9.17) is 4.74 Å². The van der Waals surface area contributed by atoms with Gasteiger partial charge in [0.1, 0.15) is 18.9 Å². The van der Waals surface area contributed by atoms with Gasteiger partial charge in [-0.15, -0.1) is 0 Å². The van der Waals surface area contributed by atoms with E-state index in [0.717, 1.165) is 5.56 Å². The molecule has 38 heavy (non-hydrogen) atoms. The summed E-state index contributed by atoms with van der Waals surface area (Å²) in [6.45, 7) is 2.61. The number of carbonyl (C=O) groups excluding carboxylic acids is 3. The number of carbonyl (C=O) groups is 3. The van der Waals surface area contributed by atoms with Gasteiger partial charge in [-0.3, -0.25) is 14.4 Å². The molecule has 2 aromatic rings. The maximum Gasteiger partial charge on any atom is 0.254 e. The molecule has 3 heterocycles. The Bertz CT molecular complexity index is 1180. The van der Waals surface area contributed by atoms with Crippen molar-refractivity contribution < 1.29 is 24.2 Å². The number of rotatable bonds is 3. The lowest BCUT2D eigenvalue weighted by Crippen LogP contribution is -2.48. The number of hydrogen-bond acceptors (Lipinski definition) is 5. The first kappa shape index (κ1) is 26.0. The summed E-state index contributed by atoms with van der Waals surface area (Å²) in [6.07, 6.45) is 5.33. The molecule has 3 aliphatic heterocycles. The largest absolute Gasteiger partial charge is 0.489 e. The van der Waals surface area contributed by atoms with Gasteiger partial charge in [0.2, 0.25) is 11.8 Å². The van der Waals surface area contributed by atoms with Gasteiger partial charge >= 0.3 is 0 Å². The van der Waals surface area contributed by atoms with Crippen molar-refractivity contribution in [3.05, 3.63) is 77.9 Å². The SMILES string of the molecule is O=C(C[C@@H]1CCN2C[C@@H]1/C=C\COc1ccccc1CN(C(=O)c1ccccc1)CC2=O)N1CC[C@@H](O)C1. The number of amides is 3. The number of aliphatic hydroxyl groups is 1. The Morgan fingerprint density at radius 3 is 2.50 bits per heavy atom. The molecule has 2 fully saturated rings. The van der Waals surface area contributed by atoms with E-state index in [2.05, 4.69) is 6.08 Å². The van der Waals surface area contributed by atoms with Crippen molar-refractivity contribution in [3.8, 4) is 5.75 Å². The third-order valence-corrected chi connectivity index (χ3v) is 7.80. The maximum atomic E-state index is 13.5. The first-order valence-corrected chi connectivity index (χ1v) is 13.4.